The van der Waals surface area contributed by atoms with Crippen molar-refractivity contribution in [1.82, 2.24) is 9.80 Å². The van der Waals surface area contributed by atoms with Crippen molar-refractivity contribution in [1.29, 1.82) is 5.26 Å². The quantitative estimate of drug-likeness (QED) is 0.823. The molecule has 22 heavy (non-hydrogen) atoms. The van der Waals surface area contributed by atoms with Crippen molar-refractivity contribution in [2.75, 3.05) is 40.9 Å². The number of methoxy groups -OCH3 is 1. The molecular formula is C17H23N3O2. The zero-order valence-corrected chi connectivity index (χ0v) is 13.5. The summed E-state index contributed by atoms with van der Waals surface area (Å²) in [6.45, 7) is 3.01. The third-order valence-corrected chi connectivity index (χ3v) is 4.14. The molecule has 0 unspecified atom stereocenters. The van der Waals surface area contributed by atoms with E-state index < -0.39 is 0 Å². The lowest BCUT2D eigenvalue weighted by molar-refractivity contribution is -0.134. The Hall–Kier alpha value is -1.90. The molecule has 0 aromatic heterocycles. The van der Waals surface area contributed by atoms with Crippen LogP contribution in [-0.4, -0.2) is 56.6 Å². The van der Waals surface area contributed by atoms with Crippen molar-refractivity contribution >= 4 is 5.91 Å². The molecule has 0 aliphatic carbocycles. The van der Waals surface area contributed by atoms with E-state index in [-0.39, 0.29) is 17.7 Å². The molecule has 1 aromatic rings. The standard InChI is InChI=1S/C17H23N3O2/c1-19(2)17(21)16-11-20(10-15(16)12-22-3)9-14-6-4-13(8-18)5-7-14/h4-7,15-16H,9-12H2,1-3H3/t15-,16+/m0/s1. The number of rotatable bonds is 5. The molecule has 2 atom stereocenters. The number of amides is 1. The van der Waals surface area contributed by atoms with Crippen molar-refractivity contribution in [3.8, 4) is 6.07 Å². The second-order valence-corrected chi connectivity index (χ2v) is 6.06. The van der Waals surface area contributed by atoms with Gasteiger partial charge in [0.25, 0.3) is 0 Å². The number of ether oxygens (including phenoxy) is 1. The lowest BCUT2D eigenvalue weighted by Gasteiger charge is -2.20. The second-order valence-electron chi connectivity index (χ2n) is 6.06. The van der Waals surface area contributed by atoms with Crippen LogP contribution >= 0.6 is 0 Å². The Labute approximate surface area is 132 Å². The Morgan fingerprint density at radius 1 is 1.36 bits per heavy atom. The van der Waals surface area contributed by atoms with Gasteiger partial charge in [-0.05, 0) is 17.7 Å². The average molecular weight is 301 g/mol. The van der Waals surface area contributed by atoms with Crippen LogP contribution in [0.3, 0.4) is 0 Å². The molecule has 1 fully saturated rings. The first-order valence-electron chi connectivity index (χ1n) is 7.46. The smallest absolute Gasteiger partial charge is 0.226 e. The lowest BCUT2D eigenvalue weighted by atomic mass is 9.96. The van der Waals surface area contributed by atoms with E-state index in [4.69, 9.17) is 10.00 Å². The van der Waals surface area contributed by atoms with Crippen LogP contribution in [0.4, 0.5) is 0 Å². The molecule has 1 amide bonds. The Balaban J connectivity index is 2.03. The molecule has 0 spiro atoms. The largest absolute Gasteiger partial charge is 0.384 e. The first-order valence-corrected chi connectivity index (χ1v) is 7.46. The van der Waals surface area contributed by atoms with Crippen LogP contribution in [0, 0.1) is 23.2 Å². The Morgan fingerprint density at radius 2 is 2.05 bits per heavy atom. The number of hydrogen-bond donors (Lipinski definition) is 0. The van der Waals surface area contributed by atoms with E-state index >= 15 is 0 Å². The van der Waals surface area contributed by atoms with Crippen molar-refractivity contribution in [2.45, 2.75) is 6.54 Å². The van der Waals surface area contributed by atoms with Gasteiger partial charge in [0.2, 0.25) is 5.91 Å². The van der Waals surface area contributed by atoms with Crippen molar-refractivity contribution < 1.29 is 9.53 Å². The second kappa shape index (κ2) is 7.39. The molecule has 0 N–H and O–H groups in total. The number of carbonyl (C=O) groups is 1. The molecule has 1 aromatic carbocycles. The maximum atomic E-state index is 12.3. The van der Waals surface area contributed by atoms with E-state index in [2.05, 4.69) is 11.0 Å². The Kier molecular flexibility index (Phi) is 5.53. The predicted molar refractivity (Wildman–Crippen MR) is 84.0 cm³/mol. The summed E-state index contributed by atoms with van der Waals surface area (Å²) in [5, 5.41) is 8.84. The van der Waals surface area contributed by atoms with E-state index in [1.165, 1.54) is 0 Å². The van der Waals surface area contributed by atoms with Crippen LogP contribution < -0.4 is 0 Å². The summed E-state index contributed by atoms with van der Waals surface area (Å²) in [5.41, 5.74) is 1.83. The van der Waals surface area contributed by atoms with Gasteiger partial charge in [0, 0.05) is 46.8 Å². The normalized spacial score (nSPS) is 21.5. The topological polar surface area (TPSA) is 56.6 Å². The molecule has 1 aliphatic rings. The molecule has 2 rings (SSSR count). The van der Waals surface area contributed by atoms with E-state index in [1.54, 1.807) is 26.1 Å². The van der Waals surface area contributed by atoms with Gasteiger partial charge in [0.05, 0.1) is 24.2 Å². The SMILES string of the molecule is COC[C@@H]1CN(Cc2ccc(C#N)cc2)C[C@H]1C(=O)N(C)C. The minimum absolute atomic E-state index is 0.00617. The van der Waals surface area contributed by atoms with Crippen LogP contribution in [0.15, 0.2) is 24.3 Å². The highest BCUT2D eigenvalue weighted by Gasteiger charge is 2.38. The van der Waals surface area contributed by atoms with Gasteiger partial charge in [-0.25, -0.2) is 0 Å². The molecule has 0 saturated carbocycles. The van der Waals surface area contributed by atoms with Crippen LogP contribution in [-0.2, 0) is 16.1 Å². The van der Waals surface area contributed by atoms with Gasteiger partial charge in [0.15, 0.2) is 0 Å². The fourth-order valence-corrected chi connectivity index (χ4v) is 3.03. The molecule has 5 heteroatoms. The van der Waals surface area contributed by atoms with Gasteiger partial charge >= 0.3 is 0 Å². The van der Waals surface area contributed by atoms with Crippen LogP contribution in [0.1, 0.15) is 11.1 Å². The first kappa shape index (κ1) is 16.5. The van der Waals surface area contributed by atoms with Crippen LogP contribution in [0.25, 0.3) is 0 Å². The summed E-state index contributed by atoms with van der Waals surface area (Å²) in [5.74, 6) is 0.399. The summed E-state index contributed by atoms with van der Waals surface area (Å²) in [7, 11) is 5.28. The maximum absolute atomic E-state index is 12.3. The van der Waals surface area contributed by atoms with Gasteiger partial charge in [-0.15, -0.1) is 0 Å². The summed E-state index contributed by atoms with van der Waals surface area (Å²) in [6.07, 6.45) is 0. The van der Waals surface area contributed by atoms with Crippen molar-refractivity contribution in [3.63, 3.8) is 0 Å². The molecule has 5 nitrogen and oxygen atoms in total. The summed E-state index contributed by atoms with van der Waals surface area (Å²) in [4.78, 5) is 16.3. The van der Waals surface area contributed by atoms with Crippen molar-refractivity contribution in [3.05, 3.63) is 35.4 Å². The minimum atomic E-state index is -0.00617. The predicted octanol–water partition coefficient (Wildman–Crippen LogP) is 1.34. The van der Waals surface area contributed by atoms with Gasteiger partial charge in [0.1, 0.15) is 0 Å². The Bertz CT molecular complexity index is 548. The fraction of sp³-hybridized carbons (Fsp3) is 0.529. The third-order valence-electron chi connectivity index (χ3n) is 4.14. The van der Waals surface area contributed by atoms with Gasteiger partial charge in [-0.1, -0.05) is 12.1 Å². The van der Waals surface area contributed by atoms with E-state index in [0.29, 0.717) is 12.2 Å². The maximum Gasteiger partial charge on any atom is 0.226 e. The lowest BCUT2D eigenvalue weighted by Crippen LogP contribution is -2.35. The fourth-order valence-electron chi connectivity index (χ4n) is 3.03. The summed E-state index contributed by atoms with van der Waals surface area (Å²) in [6, 6.07) is 9.75. The molecule has 1 heterocycles. The first-order chi connectivity index (χ1) is 10.5. The van der Waals surface area contributed by atoms with E-state index in [1.807, 2.05) is 24.3 Å². The van der Waals surface area contributed by atoms with Gasteiger partial charge < -0.3 is 9.64 Å². The van der Waals surface area contributed by atoms with Crippen LogP contribution in [0.2, 0.25) is 0 Å². The van der Waals surface area contributed by atoms with Crippen LogP contribution in [0.5, 0.6) is 0 Å². The molecule has 0 radical (unpaired) electrons. The summed E-state index contributed by atoms with van der Waals surface area (Å²) >= 11 is 0. The minimum Gasteiger partial charge on any atom is -0.384 e. The summed E-state index contributed by atoms with van der Waals surface area (Å²) < 4.78 is 5.28. The molecule has 0 bridgehead atoms. The molecule has 1 aliphatic heterocycles. The molecule has 118 valence electrons. The van der Waals surface area contributed by atoms with E-state index in [9.17, 15) is 4.79 Å². The number of benzene rings is 1. The highest BCUT2D eigenvalue weighted by Crippen LogP contribution is 2.26. The average Bonchev–Trinajstić information content (AvgIpc) is 2.90. The zero-order chi connectivity index (χ0) is 16.1. The number of nitriles is 1. The third kappa shape index (κ3) is 3.85. The highest BCUT2D eigenvalue weighted by molar-refractivity contribution is 5.79. The Morgan fingerprint density at radius 3 is 2.59 bits per heavy atom. The zero-order valence-electron chi connectivity index (χ0n) is 13.5. The molecular weight excluding hydrogens is 278 g/mol. The number of carbonyl (C=O) groups excluding carboxylic acids is 1. The number of nitrogens with zero attached hydrogens (tertiary/aromatic N) is 3. The number of hydrogen-bond acceptors (Lipinski definition) is 4. The highest BCUT2D eigenvalue weighted by atomic mass is 16.5. The number of likely N-dealkylation sites (tertiary alicyclic amines) is 1. The van der Waals surface area contributed by atoms with E-state index in [0.717, 1.165) is 25.2 Å². The van der Waals surface area contributed by atoms with Gasteiger partial charge in [-0.2, -0.15) is 5.26 Å². The molecule has 1 saturated heterocycles. The van der Waals surface area contributed by atoms with Crippen molar-refractivity contribution in [2.24, 2.45) is 11.8 Å². The van der Waals surface area contributed by atoms with Gasteiger partial charge in [-0.3, -0.25) is 9.69 Å². The monoisotopic (exact) mass is 301 g/mol.